The maximum Gasteiger partial charge on any atom is 0.0283 e. The number of aryl methyl sites for hydroxylation is 1. The van der Waals surface area contributed by atoms with Crippen LogP contribution in [0.1, 0.15) is 43.7 Å². The van der Waals surface area contributed by atoms with Gasteiger partial charge in [-0.1, -0.05) is 44.0 Å². The van der Waals surface area contributed by atoms with Crippen molar-refractivity contribution < 1.29 is 0 Å². The predicted octanol–water partition coefficient (Wildman–Crippen LogP) is 4.59. The highest BCUT2D eigenvalue weighted by atomic mass is 35.5. The standard InChI is InChI=1S/C15H21Cl/c1-2-13-5-7-14(8-6-13)11-15(12-16)9-3-4-10-15/h5-8H,2-4,9-12H2,1H3. The Kier molecular flexibility index (Phi) is 3.91. The predicted molar refractivity (Wildman–Crippen MR) is 71.1 cm³/mol. The van der Waals surface area contributed by atoms with Crippen molar-refractivity contribution in [1.82, 2.24) is 0 Å². The topological polar surface area (TPSA) is 0 Å². The average Bonchev–Trinajstić information content (AvgIpc) is 2.79. The molecule has 0 unspecified atom stereocenters. The fourth-order valence-electron chi connectivity index (χ4n) is 2.81. The van der Waals surface area contributed by atoms with Crippen LogP contribution in [0.25, 0.3) is 0 Å². The third-order valence-electron chi connectivity index (χ3n) is 3.96. The van der Waals surface area contributed by atoms with Gasteiger partial charge in [0.25, 0.3) is 0 Å². The van der Waals surface area contributed by atoms with Crippen molar-refractivity contribution in [2.45, 2.75) is 45.4 Å². The second kappa shape index (κ2) is 5.23. The fourth-order valence-corrected chi connectivity index (χ4v) is 3.17. The summed E-state index contributed by atoms with van der Waals surface area (Å²) < 4.78 is 0. The van der Waals surface area contributed by atoms with Crippen molar-refractivity contribution >= 4 is 11.6 Å². The van der Waals surface area contributed by atoms with Gasteiger partial charge in [0.15, 0.2) is 0 Å². The average molecular weight is 237 g/mol. The summed E-state index contributed by atoms with van der Waals surface area (Å²) in [6.07, 6.45) is 7.64. The van der Waals surface area contributed by atoms with Crippen molar-refractivity contribution in [1.29, 1.82) is 0 Å². The Morgan fingerprint density at radius 2 is 1.62 bits per heavy atom. The molecule has 0 aromatic heterocycles. The van der Waals surface area contributed by atoms with Crippen LogP contribution < -0.4 is 0 Å². The van der Waals surface area contributed by atoms with Crippen LogP contribution >= 0.6 is 11.6 Å². The van der Waals surface area contributed by atoms with Gasteiger partial charge in [-0.3, -0.25) is 0 Å². The Morgan fingerprint density at radius 1 is 1.06 bits per heavy atom. The van der Waals surface area contributed by atoms with Crippen molar-refractivity contribution in [3.8, 4) is 0 Å². The van der Waals surface area contributed by atoms with E-state index in [1.54, 1.807) is 0 Å². The van der Waals surface area contributed by atoms with Gasteiger partial charge in [0.2, 0.25) is 0 Å². The summed E-state index contributed by atoms with van der Waals surface area (Å²) in [6, 6.07) is 9.08. The van der Waals surface area contributed by atoms with E-state index in [9.17, 15) is 0 Å². The Labute approximate surface area is 104 Å². The normalized spacial score (nSPS) is 18.9. The third kappa shape index (κ3) is 2.60. The van der Waals surface area contributed by atoms with Gasteiger partial charge < -0.3 is 0 Å². The van der Waals surface area contributed by atoms with Crippen LogP contribution in [0.3, 0.4) is 0 Å². The highest BCUT2D eigenvalue weighted by Gasteiger charge is 2.32. The van der Waals surface area contributed by atoms with Crippen LogP contribution in [0.4, 0.5) is 0 Å². The molecular weight excluding hydrogens is 216 g/mol. The Bertz CT molecular complexity index is 320. The van der Waals surface area contributed by atoms with Gasteiger partial charge in [-0.2, -0.15) is 0 Å². The van der Waals surface area contributed by atoms with Crippen LogP contribution in [-0.4, -0.2) is 5.88 Å². The summed E-state index contributed by atoms with van der Waals surface area (Å²) >= 11 is 6.17. The molecule has 1 saturated carbocycles. The minimum atomic E-state index is 0.398. The molecule has 0 saturated heterocycles. The van der Waals surface area contributed by atoms with Crippen molar-refractivity contribution in [3.05, 3.63) is 35.4 Å². The van der Waals surface area contributed by atoms with E-state index in [-0.39, 0.29) is 0 Å². The van der Waals surface area contributed by atoms with Gasteiger partial charge >= 0.3 is 0 Å². The van der Waals surface area contributed by atoms with Crippen molar-refractivity contribution in [2.24, 2.45) is 5.41 Å². The van der Waals surface area contributed by atoms with Crippen molar-refractivity contribution in [2.75, 3.05) is 5.88 Å². The van der Waals surface area contributed by atoms with Gasteiger partial charge in [-0.25, -0.2) is 0 Å². The molecule has 0 bridgehead atoms. The molecule has 0 heterocycles. The first-order chi connectivity index (χ1) is 7.78. The lowest BCUT2D eigenvalue weighted by atomic mass is 9.82. The van der Waals surface area contributed by atoms with E-state index in [0.29, 0.717) is 5.41 Å². The quantitative estimate of drug-likeness (QED) is 0.671. The molecule has 1 fully saturated rings. The Hall–Kier alpha value is -0.490. The largest absolute Gasteiger partial charge is 0.126 e. The molecular formula is C15H21Cl. The second-order valence-electron chi connectivity index (χ2n) is 5.19. The summed E-state index contributed by atoms with van der Waals surface area (Å²) in [6.45, 7) is 2.20. The zero-order chi connectivity index (χ0) is 11.4. The van der Waals surface area contributed by atoms with Crippen LogP contribution in [0.5, 0.6) is 0 Å². The van der Waals surface area contributed by atoms with Crippen LogP contribution in [0.2, 0.25) is 0 Å². The smallest absolute Gasteiger partial charge is 0.0283 e. The minimum absolute atomic E-state index is 0.398. The molecule has 16 heavy (non-hydrogen) atoms. The van der Waals surface area contributed by atoms with E-state index in [4.69, 9.17) is 11.6 Å². The molecule has 1 aliphatic carbocycles. The lowest BCUT2D eigenvalue weighted by molar-refractivity contribution is 0.341. The van der Waals surface area contributed by atoms with E-state index in [1.165, 1.54) is 43.2 Å². The molecule has 0 radical (unpaired) electrons. The minimum Gasteiger partial charge on any atom is -0.126 e. The molecule has 1 aromatic carbocycles. The molecule has 88 valence electrons. The van der Waals surface area contributed by atoms with Crippen LogP contribution in [0, 0.1) is 5.41 Å². The summed E-state index contributed by atoms with van der Waals surface area (Å²) in [5.41, 5.74) is 3.28. The first-order valence-corrected chi connectivity index (χ1v) is 6.95. The van der Waals surface area contributed by atoms with Gasteiger partial charge in [0.05, 0.1) is 0 Å². The lowest BCUT2D eigenvalue weighted by Crippen LogP contribution is -2.21. The van der Waals surface area contributed by atoms with E-state index in [2.05, 4.69) is 31.2 Å². The number of benzene rings is 1. The number of hydrogen-bond donors (Lipinski definition) is 0. The first kappa shape index (κ1) is 12.0. The molecule has 0 atom stereocenters. The Balaban J connectivity index is 2.07. The number of rotatable bonds is 4. The summed E-state index contributed by atoms with van der Waals surface area (Å²) in [5, 5.41) is 0. The fraction of sp³-hybridized carbons (Fsp3) is 0.600. The maximum absolute atomic E-state index is 6.17. The number of hydrogen-bond acceptors (Lipinski definition) is 0. The highest BCUT2D eigenvalue weighted by Crippen LogP contribution is 2.41. The summed E-state index contributed by atoms with van der Waals surface area (Å²) in [4.78, 5) is 0. The molecule has 0 N–H and O–H groups in total. The highest BCUT2D eigenvalue weighted by molar-refractivity contribution is 6.18. The molecule has 2 rings (SSSR count). The van der Waals surface area contributed by atoms with E-state index in [1.807, 2.05) is 0 Å². The van der Waals surface area contributed by atoms with Crippen LogP contribution in [-0.2, 0) is 12.8 Å². The maximum atomic E-state index is 6.17. The van der Waals surface area contributed by atoms with Crippen LogP contribution in [0.15, 0.2) is 24.3 Å². The molecule has 0 aliphatic heterocycles. The van der Waals surface area contributed by atoms with E-state index in [0.717, 1.165) is 12.3 Å². The van der Waals surface area contributed by atoms with E-state index < -0.39 is 0 Å². The molecule has 0 amide bonds. The SMILES string of the molecule is CCc1ccc(CC2(CCl)CCCC2)cc1. The van der Waals surface area contributed by atoms with Gasteiger partial charge in [-0.05, 0) is 42.2 Å². The third-order valence-corrected chi connectivity index (χ3v) is 4.52. The summed E-state index contributed by atoms with van der Waals surface area (Å²) in [7, 11) is 0. The molecule has 0 nitrogen and oxygen atoms in total. The molecule has 1 heteroatoms. The van der Waals surface area contributed by atoms with Gasteiger partial charge in [0.1, 0.15) is 0 Å². The molecule has 1 aromatic rings. The summed E-state index contributed by atoms with van der Waals surface area (Å²) in [5.74, 6) is 0.822. The first-order valence-electron chi connectivity index (χ1n) is 6.42. The zero-order valence-corrected chi connectivity index (χ0v) is 10.9. The monoisotopic (exact) mass is 236 g/mol. The zero-order valence-electron chi connectivity index (χ0n) is 10.1. The number of alkyl halides is 1. The second-order valence-corrected chi connectivity index (χ2v) is 5.45. The number of halogens is 1. The lowest BCUT2D eigenvalue weighted by Gasteiger charge is -2.26. The van der Waals surface area contributed by atoms with E-state index >= 15 is 0 Å². The Morgan fingerprint density at radius 3 is 2.12 bits per heavy atom. The van der Waals surface area contributed by atoms with Gasteiger partial charge in [0, 0.05) is 5.88 Å². The van der Waals surface area contributed by atoms with Crippen molar-refractivity contribution in [3.63, 3.8) is 0 Å². The molecule has 1 aliphatic rings. The van der Waals surface area contributed by atoms with Gasteiger partial charge in [-0.15, -0.1) is 11.6 Å². The molecule has 0 spiro atoms.